The van der Waals surface area contributed by atoms with E-state index in [0.717, 1.165) is 29.3 Å². The lowest BCUT2D eigenvalue weighted by molar-refractivity contribution is -0.150. The van der Waals surface area contributed by atoms with Crippen molar-refractivity contribution in [3.05, 3.63) is 33.5 Å². The molecule has 0 spiro atoms. The second-order valence-electron chi connectivity index (χ2n) is 9.04. The topological polar surface area (TPSA) is 211 Å². The summed E-state index contributed by atoms with van der Waals surface area (Å²) < 4.78 is 0. The molecule has 3 fully saturated rings. The molecule has 3 saturated heterocycles. The molecule has 8 N–H and O–H groups in total. The number of amides is 3. The average Bonchev–Trinajstić information content (AvgIpc) is 3.49. The first-order valence-corrected chi connectivity index (χ1v) is 13.8. The number of hydrogen-bond donors (Lipinski definition) is 7. The number of β-lactam (4-membered cyclic amide) rings is 1. The number of nitrogens with two attached hydrogens (primary N) is 1. The van der Waals surface area contributed by atoms with Crippen LogP contribution in [0.1, 0.15) is 18.5 Å². The Balaban J connectivity index is 1.38. The minimum Gasteiger partial charge on any atom is -0.477 e. The molecule has 0 aromatic carbocycles. The maximum absolute atomic E-state index is 13.2. The van der Waals surface area contributed by atoms with E-state index >= 15 is 0 Å². The van der Waals surface area contributed by atoms with E-state index < -0.39 is 34.9 Å². The number of thioether (sulfide) groups is 1. The Morgan fingerprint density at radius 2 is 2.11 bits per heavy atom. The Hall–Kier alpha value is -3.47. The third-order valence-corrected chi connectivity index (χ3v) is 8.74. The maximum Gasteiger partial charge on any atom is 0.352 e. The van der Waals surface area contributed by atoms with Gasteiger partial charge in [-0.05, 0) is 30.5 Å². The van der Waals surface area contributed by atoms with Gasteiger partial charge >= 0.3 is 5.97 Å². The number of rotatable bonds is 9. The van der Waals surface area contributed by atoms with Gasteiger partial charge in [0.1, 0.15) is 22.8 Å². The van der Waals surface area contributed by atoms with Gasteiger partial charge in [-0.1, -0.05) is 5.16 Å². The van der Waals surface area contributed by atoms with Crippen molar-refractivity contribution in [2.45, 2.75) is 30.3 Å². The molecule has 0 unspecified atom stereocenters. The molecule has 202 valence electrons. The standard InChI is InChI=1S/C22H26N8O6S2/c23-22-27-13(8-38-22)14(29-36)18(32)28-15-19(33)30-16(21(34)35)12(7-37-20(15)30)10(11-2-4-26-17(11)31)1-3-25-9-5-24-6-9/h8-9,15,20,24-25,36H,1-7H2,(H2,23,27)(H,26,31)(H,28,32)(H,34,35)/t15-,20-/m1/s1. The van der Waals surface area contributed by atoms with Crippen molar-refractivity contribution >= 4 is 57.6 Å². The summed E-state index contributed by atoms with van der Waals surface area (Å²) in [7, 11) is 0. The van der Waals surface area contributed by atoms with Gasteiger partial charge in [-0.3, -0.25) is 19.3 Å². The van der Waals surface area contributed by atoms with Gasteiger partial charge in [0.15, 0.2) is 10.8 Å². The van der Waals surface area contributed by atoms with Gasteiger partial charge in [0.05, 0.1) is 0 Å². The lowest BCUT2D eigenvalue weighted by Crippen LogP contribution is -2.71. The quantitative estimate of drug-likeness (QED) is 0.0599. The van der Waals surface area contributed by atoms with E-state index in [9.17, 15) is 29.5 Å². The number of fused-ring (bicyclic) bond motifs is 1. The van der Waals surface area contributed by atoms with Crippen molar-refractivity contribution in [3.8, 4) is 0 Å². The van der Waals surface area contributed by atoms with E-state index in [2.05, 4.69) is 31.4 Å². The number of aliphatic carboxylic acids is 1. The van der Waals surface area contributed by atoms with E-state index in [1.807, 2.05) is 0 Å². The highest BCUT2D eigenvalue weighted by molar-refractivity contribution is 8.00. The van der Waals surface area contributed by atoms with E-state index in [4.69, 9.17) is 5.73 Å². The van der Waals surface area contributed by atoms with E-state index in [1.165, 1.54) is 17.1 Å². The van der Waals surface area contributed by atoms with Gasteiger partial charge in [-0.25, -0.2) is 9.78 Å². The summed E-state index contributed by atoms with van der Waals surface area (Å²) in [6, 6.07) is -0.708. The highest BCUT2D eigenvalue weighted by atomic mass is 32.2. The summed E-state index contributed by atoms with van der Waals surface area (Å²) in [5.74, 6) is -2.73. The molecule has 5 rings (SSSR count). The number of carboxylic acid groups (broad SMARTS) is 1. The lowest BCUT2D eigenvalue weighted by Gasteiger charge is -2.49. The number of nitrogens with zero attached hydrogens (tertiary/aromatic N) is 3. The summed E-state index contributed by atoms with van der Waals surface area (Å²) in [4.78, 5) is 56.0. The Morgan fingerprint density at radius 1 is 1.32 bits per heavy atom. The molecule has 0 saturated carbocycles. The minimum absolute atomic E-state index is 0.0539. The predicted octanol–water partition coefficient (Wildman–Crippen LogP) is -1.59. The molecular formula is C22H26N8O6S2. The number of nitrogen functional groups attached to an aromatic ring is 1. The maximum atomic E-state index is 13.2. The highest BCUT2D eigenvalue weighted by Gasteiger charge is 2.55. The Morgan fingerprint density at radius 3 is 2.68 bits per heavy atom. The zero-order valence-corrected chi connectivity index (χ0v) is 21.7. The van der Waals surface area contributed by atoms with Crippen LogP contribution in [-0.4, -0.2) is 99.0 Å². The van der Waals surface area contributed by atoms with Crippen LogP contribution in [0.2, 0.25) is 0 Å². The van der Waals surface area contributed by atoms with Gasteiger partial charge in [0.2, 0.25) is 5.91 Å². The number of hydrogen-bond acceptors (Lipinski definition) is 12. The average molecular weight is 563 g/mol. The molecular weight excluding hydrogens is 536 g/mol. The molecule has 0 bridgehead atoms. The monoisotopic (exact) mass is 562 g/mol. The second-order valence-corrected chi connectivity index (χ2v) is 11.0. The van der Waals surface area contributed by atoms with Crippen molar-refractivity contribution in [3.63, 3.8) is 0 Å². The molecule has 0 radical (unpaired) electrons. The fraction of sp³-hybridized carbons (Fsp3) is 0.455. The normalized spacial score (nSPS) is 24.9. The van der Waals surface area contributed by atoms with Crippen molar-refractivity contribution in [2.24, 2.45) is 5.16 Å². The molecule has 16 heteroatoms. The van der Waals surface area contributed by atoms with Crippen molar-refractivity contribution in [1.82, 2.24) is 31.2 Å². The van der Waals surface area contributed by atoms with Crippen LogP contribution >= 0.6 is 23.1 Å². The first kappa shape index (κ1) is 26.1. The summed E-state index contributed by atoms with van der Waals surface area (Å²) in [6.45, 7) is 2.72. The number of aromatic nitrogens is 1. The third-order valence-electron chi connectivity index (χ3n) is 6.79. The smallest absolute Gasteiger partial charge is 0.352 e. The Bertz CT molecular complexity index is 1290. The number of carboxylic acids is 1. The van der Waals surface area contributed by atoms with Crippen LogP contribution in [0.15, 0.2) is 33.0 Å². The van der Waals surface area contributed by atoms with Crippen LogP contribution in [0.4, 0.5) is 5.13 Å². The van der Waals surface area contributed by atoms with Crippen molar-refractivity contribution in [2.75, 3.05) is 37.7 Å². The molecule has 3 amide bonds. The minimum atomic E-state index is -1.29. The van der Waals surface area contributed by atoms with E-state index in [0.29, 0.717) is 48.7 Å². The first-order valence-electron chi connectivity index (χ1n) is 11.9. The lowest BCUT2D eigenvalue weighted by atomic mass is 9.92. The molecule has 14 nitrogen and oxygen atoms in total. The number of anilines is 1. The molecule has 2 atom stereocenters. The fourth-order valence-electron chi connectivity index (χ4n) is 4.80. The highest BCUT2D eigenvalue weighted by Crippen LogP contribution is 2.43. The molecule has 1 aromatic rings. The van der Waals surface area contributed by atoms with E-state index in [1.54, 1.807) is 0 Å². The van der Waals surface area contributed by atoms with Gasteiger partial charge in [0, 0.05) is 42.4 Å². The second kappa shape index (κ2) is 10.7. The van der Waals surface area contributed by atoms with Crippen LogP contribution < -0.4 is 27.0 Å². The van der Waals surface area contributed by atoms with Gasteiger partial charge in [0.25, 0.3) is 11.8 Å². The molecule has 0 aliphatic carbocycles. The number of oxime groups is 1. The van der Waals surface area contributed by atoms with Crippen LogP contribution in [0.25, 0.3) is 0 Å². The number of carbonyl (C=O) groups excluding carboxylic acids is 3. The van der Waals surface area contributed by atoms with Crippen molar-refractivity contribution in [1.29, 1.82) is 0 Å². The molecule has 1 aromatic heterocycles. The third kappa shape index (κ3) is 4.75. The molecule has 4 aliphatic heterocycles. The summed E-state index contributed by atoms with van der Waals surface area (Å²) in [5, 5.41) is 35.3. The van der Waals surface area contributed by atoms with Crippen molar-refractivity contribution < 1.29 is 29.5 Å². The van der Waals surface area contributed by atoms with Crippen LogP contribution in [-0.2, 0) is 19.2 Å². The van der Waals surface area contributed by atoms with Crippen LogP contribution in [0.5, 0.6) is 0 Å². The summed E-state index contributed by atoms with van der Waals surface area (Å²) in [5.41, 5.74) is 6.67. The van der Waals surface area contributed by atoms with E-state index in [-0.39, 0.29) is 28.2 Å². The summed E-state index contributed by atoms with van der Waals surface area (Å²) in [6.07, 6.45) is 0.909. The SMILES string of the molecule is Nc1nc(C(=NO)C(=O)N[C@@H]2C(=O)N3C(C(=O)O)=C(C(CCNC4CNC4)=C4CCNC4=O)CS[C@H]23)cs1. The zero-order valence-electron chi connectivity index (χ0n) is 20.0. The molecule has 4 aliphatic rings. The number of carbonyl (C=O) groups is 4. The molecule has 5 heterocycles. The van der Waals surface area contributed by atoms with Gasteiger partial charge in [-0.2, -0.15) is 0 Å². The van der Waals surface area contributed by atoms with Crippen LogP contribution in [0.3, 0.4) is 0 Å². The predicted molar refractivity (Wildman–Crippen MR) is 138 cm³/mol. The Kier molecular flexibility index (Phi) is 7.38. The first-order chi connectivity index (χ1) is 18.3. The largest absolute Gasteiger partial charge is 0.477 e. The number of nitrogens with one attached hydrogen (secondary N) is 4. The number of thiazole rings is 1. The molecule has 38 heavy (non-hydrogen) atoms. The fourth-order valence-corrected chi connectivity index (χ4v) is 6.73. The van der Waals surface area contributed by atoms with Gasteiger partial charge in [-0.15, -0.1) is 23.1 Å². The summed E-state index contributed by atoms with van der Waals surface area (Å²) >= 11 is 2.35. The zero-order chi connectivity index (χ0) is 27.0. The van der Waals surface area contributed by atoms with Crippen LogP contribution in [0, 0.1) is 0 Å². The Labute approximate surface area is 224 Å². The van der Waals surface area contributed by atoms with Gasteiger partial charge < -0.3 is 37.3 Å².